The van der Waals surface area contributed by atoms with Crippen LogP contribution >= 0.6 is 0 Å². The highest BCUT2D eigenvalue weighted by Crippen LogP contribution is 2.20. The molecule has 80 valence electrons. The standard InChI is InChI=1S/C12H16N2O/c1-3-8-14-11-7-5-4-6-10(11)13-12(14)9(2)15/h4-7,9,15H,3,8H2,1-2H3/t9-/m0/s1. The van der Waals surface area contributed by atoms with Crippen molar-refractivity contribution in [2.45, 2.75) is 32.9 Å². The predicted octanol–water partition coefficient (Wildman–Crippen LogP) is 2.50. The van der Waals surface area contributed by atoms with Gasteiger partial charge >= 0.3 is 0 Å². The maximum atomic E-state index is 9.65. The van der Waals surface area contributed by atoms with E-state index in [2.05, 4.69) is 16.5 Å². The van der Waals surface area contributed by atoms with E-state index >= 15 is 0 Å². The molecule has 0 amide bonds. The van der Waals surface area contributed by atoms with Gasteiger partial charge in [-0.3, -0.25) is 0 Å². The van der Waals surface area contributed by atoms with Crippen LogP contribution in [0.25, 0.3) is 11.0 Å². The molecule has 0 fully saturated rings. The van der Waals surface area contributed by atoms with Gasteiger partial charge in [0.15, 0.2) is 0 Å². The van der Waals surface area contributed by atoms with Gasteiger partial charge in [-0.15, -0.1) is 0 Å². The molecule has 1 aromatic carbocycles. The fraction of sp³-hybridized carbons (Fsp3) is 0.417. The third-order valence-electron chi connectivity index (χ3n) is 2.50. The summed E-state index contributed by atoms with van der Waals surface area (Å²) in [6.07, 6.45) is 0.532. The monoisotopic (exact) mass is 204 g/mol. The van der Waals surface area contributed by atoms with Crippen LogP contribution < -0.4 is 0 Å². The highest BCUT2D eigenvalue weighted by molar-refractivity contribution is 5.75. The summed E-state index contributed by atoms with van der Waals surface area (Å²) in [4.78, 5) is 4.44. The molecule has 0 saturated heterocycles. The second kappa shape index (κ2) is 4.03. The number of nitrogens with zero attached hydrogens (tertiary/aromatic N) is 2. The van der Waals surface area contributed by atoms with E-state index in [1.807, 2.05) is 24.3 Å². The number of benzene rings is 1. The molecule has 1 aromatic heterocycles. The van der Waals surface area contributed by atoms with Gasteiger partial charge in [-0.05, 0) is 25.5 Å². The number of aryl methyl sites for hydroxylation is 1. The molecular weight excluding hydrogens is 188 g/mol. The van der Waals surface area contributed by atoms with Gasteiger partial charge < -0.3 is 9.67 Å². The first-order valence-electron chi connectivity index (χ1n) is 5.37. The van der Waals surface area contributed by atoms with Gasteiger partial charge in [0.1, 0.15) is 11.9 Å². The zero-order valence-electron chi connectivity index (χ0n) is 9.14. The quantitative estimate of drug-likeness (QED) is 0.834. The average molecular weight is 204 g/mol. The minimum Gasteiger partial charge on any atom is -0.385 e. The van der Waals surface area contributed by atoms with Gasteiger partial charge in [-0.2, -0.15) is 0 Å². The third-order valence-corrected chi connectivity index (χ3v) is 2.50. The zero-order chi connectivity index (χ0) is 10.8. The van der Waals surface area contributed by atoms with E-state index in [1.165, 1.54) is 0 Å². The predicted molar refractivity (Wildman–Crippen MR) is 60.7 cm³/mol. The topological polar surface area (TPSA) is 38.0 Å². The molecular formula is C12H16N2O. The van der Waals surface area contributed by atoms with Gasteiger partial charge in [0, 0.05) is 6.54 Å². The minimum absolute atomic E-state index is 0.510. The molecule has 0 aliphatic heterocycles. The molecule has 0 saturated carbocycles. The summed E-state index contributed by atoms with van der Waals surface area (Å²) in [6, 6.07) is 8.00. The van der Waals surface area contributed by atoms with Crippen molar-refractivity contribution in [2.75, 3.05) is 0 Å². The van der Waals surface area contributed by atoms with Gasteiger partial charge in [-0.25, -0.2) is 4.98 Å². The molecule has 2 aromatic rings. The van der Waals surface area contributed by atoms with Crippen molar-refractivity contribution in [3.63, 3.8) is 0 Å². The molecule has 0 spiro atoms. The second-order valence-corrected chi connectivity index (χ2v) is 3.79. The highest BCUT2D eigenvalue weighted by atomic mass is 16.3. The molecule has 3 nitrogen and oxygen atoms in total. The zero-order valence-corrected chi connectivity index (χ0v) is 9.14. The lowest BCUT2D eigenvalue weighted by atomic mass is 10.3. The van der Waals surface area contributed by atoms with Crippen molar-refractivity contribution in [3.8, 4) is 0 Å². The third kappa shape index (κ3) is 1.75. The fourth-order valence-corrected chi connectivity index (χ4v) is 1.87. The number of rotatable bonds is 3. The van der Waals surface area contributed by atoms with Crippen LogP contribution in [0.5, 0.6) is 0 Å². The van der Waals surface area contributed by atoms with Gasteiger partial charge in [0.25, 0.3) is 0 Å². The van der Waals surface area contributed by atoms with E-state index in [0.29, 0.717) is 0 Å². The Morgan fingerprint density at radius 2 is 2.13 bits per heavy atom. The fourth-order valence-electron chi connectivity index (χ4n) is 1.87. The Balaban J connectivity index is 2.63. The number of aromatic nitrogens is 2. The second-order valence-electron chi connectivity index (χ2n) is 3.79. The molecule has 0 unspecified atom stereocenters. The van der Waals surface area contributed by atoms with Crippen LogP contribution in [0.15, 0.2) is 24.3 Å². The molecule has 15 heavy (non-hydrogen) atoms. The summed E-state index contributed by atoms with van der Waals surface area (Å²) in [5.41, 5.74) is 2.07. The van der Waals surface area contributed by atoms with Crippen molar-refractivity contribution in [1.29, 1.82) is 0 Å². The van der Waals surface area contributed by atoms with Crippen LogP contribution in [0.1, 0.15) is 32.2 Å². The number of hydrogen-bond acceptors (Lipinski definition) is 2. The van der Waals surface area contributed by atoms with E-state index < -0.39 is 6.10 Å². The van der Waals surface area contributed by atoms with Crippen LogP contribution in [-0.4, -0.2) is 14.7 Å². The Morgan fingerprint density at radius 1 is 1.40 bits per heavy atom. The van der Waals surface area contributed by atoms with Gasteiger partial charge in [0.05, 0.1) is 11.0 Å². The lowest BCUT2D eigenvalue weighted by Crippen LogP contribution is -2.06. The summed E-state index contributed by atoms with van der Waals surface area (Å²) < 4.78 is 2.10. The number of aliphatic hydroxyl groups excluding tert-OH is 1. The molecule has 2 rings (SSSR count). The molecule has 1 atom stereocenters. The Labute approximate surface area is 89.4 Å². The van der Waals surface area contributed by atoms with Crippen LogP contribution in [0.4, 0.5) is 0 Å². The number of para-hydroxylation sites is 2. The lowest BCUT2D eigenvalue weighted by Gasteiger charge is -2.08. The van der Waals surface area contributed by atoms with Crippen molar-refractivity contribution in [1.82, 2.24) is 9.55 Å². The SMILES string of the molecule is CCCn1c([C@H](C)O)nc2ccccc21. The molecule has 3 heteroatoms. The summed E-state index contributed by atoms with van der Waals surface area (Å²) in [5, 5.41) is 9.65. The van der Waals surface area contributed by atoms with E-state index in [4.69, 9.17) is 0 Å². The number of aliphatic hydroxyl groups is 1. The molecule has 0 aliphatic carbocycles. The molecule has 1 N–H and O–H groups in total. The lowest BCUT2D eigenvalue weighted by molar-refractivity contribution is 0.184. The first kappa shape index (κ1) is 10.2. The number of hydrogen-bond donors (Lipinski definition) is 1. The molecule has 0 radical (unpaired) electrons. The van der Waals surface area contributed by atoms with E-state index in [9.17, 15) is 5.11 Å². The Bertz CT molecular complexity index is 460. The van der Waals surface area contributed by atoms with E-state index in [1.54, 1.807) is 6.92 Å². The van der Waals surface area contributed by atoms with Gasteiger partial charge in [-0.1, -0.05) is 19.1 Å². The molecule has 0 bridgehead atoms. The number of fused-ring (bicyclic) bond motifs is 1. The van der Waals surface area contributed by atoms with Gasteiger partial charge in [0.2, 0.25) is 0 Å². The Hall–Kier alpha value is -1.35. The van der Waals surface area contributed by atoms with Crippen LogP contribution in [0.2, 0.25) is 0 Å². The summed E-state index contributed by atoms with van der Waals surface area (Å²) in [7, 11) is 0. The Morgan fingerprint density at radius 3 is 2.80 bits per heavy atom. The van der Waals surface area contributed by atoms with E-state index in [0.717, 1.165) is 29.8 Å². The Kier molecular flexibility index (Phi) is 2.73. The molecule has 0 aliphatic rings. The average Bonchev–Trinajstić information content (AvgIpc) is 2.58. The van der Waals surface area contributed by atoms with Crippen LogP contribution in [-0.2, 0) is 6.54 Å². The van der Waals surface area contributed by atoms with Crippen molar-refractivity contribution >= 4 is 11.0 Å². The molecule has 1 heterocycles. The first-order chi connectivity index (χ1) is 7.24. The van der Waals surface area contributed by atoms with Crippen molar-refractivity contribution in [2.24, 2.45) is 0 Å². The summed E-state index contributed by atoms with van der Waals surface area (Å²) in [6.45, 7) is 4.79. The maximum absolute atomic E-state index is 9.65. The van der Waals surface area contributed by atoms with Crippen molar-refractivity contribution in [3.05, 3.63) is 30.1 Å². The van der Waals surface area contributed by atoms with Crippen LogP contribution in [0, 0.1) is 0 Å². The minimum atomic E-state index is -0.510. The van der Waals surface area contributed by atoms with Crippen molar-refractivity contribution < 1.29 is 5.11 Å². The van der Waals surface area contributed by atoms with Crippen LogP contribution in [0.3, 0.4) is 0 Å². The smallest absolute Gasteiger partial charge is 0.138 e. The summed E-state index contributed by atoms with van der Waals surface area (Å²) >= 11 is 0. The largest absolute Gasteiger partial charge is 0.385 e. The number of imidazole rings is 1. The van der Waals surface area contributed by atoms with E-state index in [-0.39, 0.29) is 0 Å². The maximum Gasteiger partial charge on any atom is 0.138 e. The first-order valence-corrected chi connectivity index (χ1v) is 5.37. The summed E-state index contributed by atoms with van der Waals surface area (Å²) in [5.74, 6) is 0.762. The highest BCUT2D eigenvalue weighted by Gasteiger charge is 2.13. The normalized spacial score (nSPS) is 13.3.